The van der Waals surface area contributed by atoms with Crippen LogP contribution < -0.4 is 21.7 Å². The molecule has 4 rings (SSSR count). The van der Waals surface area contributed by atoms with Crippen molar-refractivity contribution in [3.8, 4) is 0 Å². The predicted molar refractivity (Wildman–Crippen MR) is 246 cm³/mol. The minimum atomic E-state index is -4.01. The number of fused-ring (bicyclic) bond motifs is 1. The highest BCUT2D eigenvalue weighted by atomic mass is 31.2. The summed E-state index contributed by atoms with van der Waals surface area (Å²) in [6.07, 6.45) is 6.18. The number of hydrogen-bond acceptors (Lipinski definition) is 10. The number of primary amides is 1. The molecule has 0 aliphatic heterocycles. The van der Waals surface area contributed by atoms with Gasteiger partial charge in [0.25, 0.3) is 0 Å². The molecule has 1 saturated carbocycles. The molecule has 4 amide bonds. The van der Waals surface area contributed by atoms with E-state index in [0.717, 1.165) is 22.8 Å². The monoisotopic (exact) mass is 901 g/mol. The van der Waals surface area contributed by atoms with Gasteiger partial charge in [-0.05, 0) is 106 Å². The number of carbonyl (C=O) groups excluding carboxylic acids is 4. The second-order valence-corrected chi connectivity index (χ2v) is 20.1. The Hall–Kier alpha value is -5.34. The van der Waals surface area contributed by atoms with E-state index in [9.17, 15) is 29.3 Å². The van der Waals surface area contributed by atoms with E-state index in [1.54, 1.807) is 71.9 Å². The Bertz CT molecular complexity index is 2180. The van der Waals surface area contributed by atoms with E-state index >= 15 is 0 Å². The lowest BCUT2D eigenvalue weighted by Gasteiger charge is -2.38. The summed E-state index contributed by atoms with van der Waals surface area (Å²) < 4.78 is 24.4. The number of amides is 4. The number of nitrogens with one attached hydrogen (secondary N) is 3. The summed E-state index contributed by atoms with van der Waals surface area (Å²) in [5, 5.41) is 14.6. The van der Waals surface area contributed by atoms with Crippen molar-refractivity contribution >= 4 is 42.0 Å². The minimum Gasteiger partial charge on any atom is -0.370 e. The zero-order valence-electron chi connectivity index (χ0n) is 37.8. The average Bonchev–Trinajstić information content (AvgIpc) is 3.24. The average molecular weight is 902 g/mol. The Morgan fingerprint density at radius 1 is 0.906 bits per heavy atom. The first-order valence-corrected chi connectivity index (χ1v) is 23.3. The zero-order valence-corrected chi connectivity index (χ0v) is 38.7. The van der Waals surface area contributed by atoms with Gasteiger partial charge in [-0.1, -0.05) is 103 Å². The molecule has 0 heterocycles. The van der Waals surface area contributed by atoms with Crippen LogP contribution in [-0.4, -0.2) is 59.0 Å². The molecule has 64 heavy (non-hydrogen) atoms. The highest BCUT2D eigenvalue weighted by molar-refractivity contribution is 7.52. The summed E-state index contributed by atoms with van der Waals surface area (Å²) >= 11 is 0. The van der Waals surface area contributed by atoms with Crippen LogP contribution in [0.25, 0.3) is 21.2 Å². The quantitative estimate of drug-likeness (QED) is 0.0135. The third-order valence-electron chi connectivity index (χ3n) is 10.6. The maximum Gasteiger partial charge on any atom is 0.388 e. The maximum atomic E-state index is 14.3. The van der Waals surface area contributed by atoms with Crippen molar-refractivity contribution in [1.29, 1.82) is 0 Å². The van der Waals surface area contributed by atoms with Gasteiger partial charge in [-0.15, -0.1) is 22.5 Å². The van der Waals surface area contributed by atoms with Crippen molar-refractivity contribution in [1.82, 2.24) is 16.0 Å². The standard InChI is InChI=1S/C47H64N7O9P/c1-9-17-33(28-36-20-16-19-34-18-12-13-21-38(34)36)30-50-42(56)39(29-40(48)55)51-44(58)47(26-14-11-15-27-47)52-43(57)41(53-54-49)37(10-2)35-24-22-32(23-25-35)31-64(59,62-60-45(3,4)5)63-61-46(6,7)8/h9-10,12-13,16,18-25,33,37,39,41H,1-2,11,14-15,17,26-31H2,3-8H3,(H2,48,55)(H,50,56)(H,51,58)(H,52,57)/t33-,37+,39-,41-/m0/s1. The summed E-state index contributed by atoms with van der Waals surface area (Å²) in [5.41, 5.74) is 14.3. The maximum absolute atomic E-state index is 14.3. The highest BCUT2D eigenvalue weighted by Gasteiger charge is 2.44. The first-order chi connectivity index (χ1) is 30.2. The minimum absolute atomic E-state index is 0.0430. The SMILES string of the molecule is C=CC[C@H](CNC(=O)[C@H](CC(N)=O)NC(=O)C1(NC(=O)[C@@H](N=[N+]=[N-])[C@H](C=C)c2ccc(CP(=O)(OOC(C)(C)C)OOC(C)(C)C)cc2)CCCCC1)Cc1cccc2ccccc12. The van der Waals surface area contributed by atoms with Crippen LogP contribution in [0, 0.1) is 5.92 Å². The van der Waals surface area contributed by atoms with Crippen molar-refractivity contribution in [3.05, 3.63) is 119 Å². The second-order valence-electron chi connectivity index (χ2n) is 18.3. The third kappa shape index (κ3) is 15.4. The molecule has 1 aliphatic carbocycles. The molecule has 0 bridgehead atoms. The van der Waals surface area contributed by atoms with E-state index in [1.165, 1.54) is 6.08 Å². The predicted octanol–water partition coefficient (Wildman–Crippen LogP) is 8.71. The molecule has 1 fully saturated rings. The van der Waals surface area contributed by atoms with Gasteiger partial charge in [-0.2, -0.15) is 0 Å². The highest BCUT2D eigenvalue weighted by Crippen LogP contribution is 2.53. The van der Waals surface area contributed by atoms with E-state index in [2.05, 4.69) is 51.3 Å². The Morgan fingerprint density at radius 2 is 1.53 bits per heavy atom. The fourth-order valence-electron chi connectivity index (χ4n) is 7.47. The zero-order chi connectivity index (χ0) is 47.1. The number of azide groups is 1. The number of carbonyl (C=O) groups is 4. The largest absolute Gasteiger partial charge is 0.388 e. The van der Waals surface area contributed by atoms with Crippen molar-refractivity contribution in [3.63, 3.8) is 0 Å². The first kappa shape index (κ1) is 51.3. The Labute approximate surface area is 376 Å². The normalized spacial score (nSPS) is 16.0. The number of hydrogen-bond donors (Lipinski definition) is 4. The lowest BCUT2D eigenvalue weighted by Crippen LogP contribution is -2.64. The van der Waals surface area contributed by atoms with Gasteiger partial charge in [0.05, 0.1) is 23.8 Å². The van der Waals surface area contributed by atoms with Gasteiger partial charge in [0.2, 0.25) is 23.6 Å². The van der Waals surface area contributed by atoms with Crippen LogP contribution in [0.2, 0.25) is 0 Å². The molecule has 0 unspecified atom stereocenters. The molecule has 5 N–H and O–H groups in total. The molecular weight excluding hydrogens is 838 g/mol. The van der Waals surface area contributed by atoms with Crippen LogP contribution in [-0.2, 0) is 55.4 Å². The van der Waals surface area contributed by atoms with Crippen LogP contribution in [0.5, 0.6) is 0 Å². The second kappa shape index (κ2) is 23.0. The summed E-state index contributed by atoms with van der Waals surface area (Å²) in [4.78, 5) is 68.3. The van der Waals surface area contributed by atoms with Crippen LogP contribution >= 0.6 is 7.60 Å². The summed E-state index contributed by atoms with van der Waals surface area (Å²) in [5.74, 6) is -3.73. The van der Waals surface area contributed by atoms with Crippen molar-refractivity contribution in [2.24, 2.45) is 16.8 Å². The summed E-state index contributed by atoms with van der Waals surface area (Å²) in [6.45, 7) is 18.4. The van der Waals surface area contributed by atoms with Crippen LogP contribution in [0.4, 0.5) is 0 Å². The van der Waals surface area contributed by atoms with Gasteiger partial charge in [0.15, 0.2) is 0 Å². The number of benzene rings is 3. The molecule has 0 aromatic heterocycles. The van der Waals surface area contributed by atoms with E-state index in [1.807, 2.05) is 30.3 Å². The molecule has 3 aromatic carbocycles. The van der Waals surface area contributed by atoms with Gasteiger partial charge in [-0.3, -0.25) is 23.7 Å². The van der Waals surface area contributed by atoms with E-state index < -0.39 is 72.4 Å². The summed E-state index contributed by atoms with van der Waals surface area (Å²) in [6, 6.07) is 18.0. The first-order valence-electron chi connectivity index (χ1n) is 21.6. The Morgan fingerprint density at radius 3 is 2.11 bits per heavy atom. The van der Waals surface area contributed by atoms with E-state index in [-0.39, 0.29) is 31.5 Å². The van der Waals surface area contributed by atoms with Gasteiger partial charge in [-0.25, -0.2) is 9.78 Å². The van der Waals surface area contributed by atoms with E-state index in [4.69, 9.17) is 24.9 Å². The van der Waals surface area contributed by atoms with Gasteiger partial charge in [0, 0.05) is 17.4 Å². The smallest absolute Gasteiger partial charge is 0.370 e. The van der Waals surface area contributed by atoms with Crippen molar-refractivity contribution in [2.75, 3.05) is 6.54 Å². The third-order valence-corrected chi connectivity index (χ3v) is 11.9. The van der Waals surface area contributed by atoms with Crippen molar-refractivity contribution in [2.45, 2.75) is 134 Å². The Kier molecular flexibility index (Phi) is 18.5. The van der Waals surface area contributed by atoms with Gasteiger partial charge in [0.1, 0.15) is 17.6 Å². The number of rotatable bonds is 23. The lowest BCUT2D eigenvalue weighted by molar-refractivity contribution is -0.326. The molecule has 3 aromatic rings. The molecule has 346 valence electrons. The number of nitrogens with zero attached hydrogens (tertiary/aromatic N) is 3. The van der Waals surface area contributed by atoms with Gasteiger partial charge >= 0.3 is 7.60 Å². The molecule has 0 radical (unpaired) electrons. The summed E-state index contributed by atoms with van der Waals surface area (Å²) in [7, 11) is -4.01. The molecule has 0 saturated heterocycles. The molecule has 16 nitrogen and oxygen atoms in total. The molecular formula is C47H64N7O9P. The van der Waals surface area contributed by atoms with Gasteiger partial charge < -0.3 is 21.7 Å². The molecule has 0 spiro atoms. The van der Waals surface area contributed by atoms with Crippen LogP contribution in [0.1, 0.15) is 109 Å². The van der Waals surface area contributed by atoms with Crippen LogP contribution in [0.15, 0.2) is 97.2 Å². The van der Waals surface area contributed by atoms with Crippen molar-refractivity contribution < 1.29 is 42.9 Å². The number of allylic oxidation sites excluding steroid dienone is 1. The topological polar surface area (TPSA) is 233 Å². The fourth-order valence-corrected chi connectivity index (χ4v) is 8.93. The van der Waals surface area contributed by atoms with E-state index in [0.29, 0.717) is 36.8 Å². The fraction of sp³-hybridized carbons (Fsp3) is 0.489. The Balaban J connectivity index is 1.51. The molecule has 17 heteroatoms. The van der Waals surface area contributed by atoms with Crippen LogP contribution in [0.3, 0.4) is 0 Å². The molecule has 1 aliphatic rings. The molecule has 4 atom stereocenters. The lowest BCUT2D eigenvalue weighted by atomic mass is 9.79. The number of nitrogens with two attached hydrogens (primary N) is 1.